The van der Waals surface area contributed by atoms with Gasteiger partial charge in [-0.25, -0.2) is 17.8 Å². The zero-order chi connectivity index (χ0) is 36.0. The predicted molar refractivity (Wildman–Crippen MR) is 192 cm³/mol. The lowest BCUT2D eigenvalue weighted by atomic mass is 9.89. The standard InChI is InChI=1S/C40H46FN3O6S/c1-26-18-27(21-31(41)19-26)20-29-11-6-4-3-5-7-12-30-23-40(30,38(47)43-51(48,49)39(2)15-16-39)24-35(45)34-22-32(25-44(34)37(29)46)50-36-33-13-9-8-10-28(33)14-17-42-36/h7-10,12-14,17-19,21,29-30,32,34H,3-6,11,15-16,20,22-25H2,1-2H3,(H,43,47)/b12-7-/t29-,30-,32-,34+,40-/m1/s1. The van der Waals surface area contributed by atoms with Gasteiger partial charge in [-0.05, 0) is 105 Å². The first-order valence-electron chi connectivity index (χ1n) is 18.2. The molecule has 1 N–H and O–H groups in total. The van der Waals surface area contributed by atoms with Crippen LogP contribution in [0.5, 0.6) is 5.88 Å². The summed E-state index contributed by atoms with van der Waals surface area (Å²) < 4.78 is 48.6. The van der Waals surface area contributed by atoms with Crippen LogP contribution in [0.3, 0.4) is 0 Å². The Balaban J connectivity index is 1.21. The number of hydrogen-bond acceptors (Lipinski definition) is 7. The van der Waals surface area contributed by atoms with Gasteiger partial charge < -0.3 is 9.64 Å². The van der Waals surface area contributed by atoms with E-state index in [1.165, 1.54) is 12.1 Å². The molecule has 2 saturated carbocycles. The Morgan fingerprint density at radius 3 is 2.69 bits per heavy atom. The van der Waals surface area contributed by atoms with E-state index in [1.807, 2.05) is 55.5 Å². The van der Waals surface area contributed by atoms with Crippen molar-refractivity contribution in [1.29, 1.82) is 0 Å². The molecule has 3 aromatic rings. The largest absolute Gasteiger partial charge is 0.472 e. The molecule has 0 bridgehead atoms. The van der Waals surface area contributed by atoms with Crippen LogP contribution >= 0.6 is 0 Å². The van der Waals surface area contributed by atoms with Gasteiger partial charge in [0, 0.05) is 30.3 Å². The lowest BCUT2D eigenvalue weighted by Crippen LogP contribution is -2.47. The van der Waals surface area contributed by atoms with Crippen LogP contribution in [0.15, 0.2) is 66.9 Å². The first-order chi connectivity index (χ1) is 24.4. The molecule has 5 atom stereocenters. The molecule has 2 amide bonds. The Labute approximate surface area is 299 Å². The first kappa shape index (κ1) is 35.3. The van der Waals surface area contributed by atoms with Gasteiger partial charge in [-0.2, -0.15) is 0 Å². The molecule has 0 radical (unpaired) electrons. The minimum Gasteiger partial charge on any atom is -0.472 e. The molecule has 1 saturated heterocycles. The Morgan fingerprint density at radius 2 is 1.90 bits per heavy atom. The Hall–Kier alpha value is -4.12. The zero-order valence-corrected chi connectivity index (χ0v) is 30.1. The number of carbonyl (C=O) groups is 3. The molecule has 3 heterocycles. The Morgan fingerprint density at radius 1 is 1.10 bits per heavy atom. The minimum absolute atomic E-state index is 0.147. The number of pyridine rings is 1. The van der Waals surface area contributed by atoms with E-state index in [0.29, 0.717) is 38.0 Å². The molecule has 4 aliphatic rings. The van der Waals surface area contributed by atoms with E-state index in [9.17, 15) is 27.2 Å². The molecule has 2 aromatic carbocycles. The number of aromatic nitrogens is 1. The summed E-state index contributed by atoms with van der Waals surface area (Å²) in [4.78, 5) is 49.1. The number of hydrogen-bond donors (Lipinski definition) is 1. The molecule has 1 aromatic heterocycles. The molecule has 270 valence electrons. The van der Waals surface area contributed by atoms with Crippen LogP contribution in [0.1, 0.15) is 82.3 Å². The highest BCUT2D eigenvalue weighted by Gasteiger charge is 2.62. The van der Waals surface area contributed by atoms with Crippen molar-refractivity contribution in [2.75, 3.05) is 6.54 Å². The number of rotatable bonds is 7. The van der Waals surface area contributed by atoms with E-state index in [2.05, 4.69) is 9.71 Å². The molecule has 0 unspecified atom stereocenters. The fraction of sp³-hybridized carbons (Fsp3) is 0.500. The van der Waals surface area contributed by atoms with Crippen LogP contribution in [0, 0.1) is 30.0 Å². The lowest BCUT2D eigenvalue weighted by molar-refractivity contribution is -0.142. The van der Waals surface area contributed by atoms with Gasteiger partial charge in [0.25, 0.3) is 0 Å². The zero-order valence-electron chi connectivity index (χ0n) is 29.3. The number of aryl methyl sites for hydroxylation is 1. The quantitative estimate of drug-likeness (QED) is 0.282. The number of allylic oxidation sites excluding steroid dienone is 2. The van der Waals surface area contributed by atoms with Gasteiger partial charge in [0.1, 0.15) is 11.9 Å². The van der Waals surface area contributed by atoms with Crippen LogP contribution < -0.4 is 9.46 Å². The van der Waals surface area contributed by atoms with Gasteiger partial charge in [0.2, 0.25) is 27.7 Å². The summed E-state index contributed by atoms with van der Waals surface area (Å²) in [6.07, 6.45) is 10.7. The molecular weight excluding hydrogens is 670 g/mol. The number of halogens is 1. The van der Waals surface area contributed by atoms with Gasteiger partial charge in [-0.3, -0.25) is 19.1 Å². The molecule has 7 rings (SSSR count). The summed E-state index contributed by atoms with van der Waals surface area (Å²) in [6, 6.07) is 13.5. The van der Waals surface area contributed by atoms with Crippen molar-refractivity contribution in [3.63, 3.8) is 0 Å². The van der Waals surface area contributed by atoms with E-state index < -0.39 is 44.2 Å². The fourth-order valence-electron chi connectivity index (χ4n) is 7.98. The van der Waals surface area contributed by atoms with Crippen LogP contribution in [0.4, 0.5) is 4.39 Å². The summed E-state index contributed by atoms with van der Waals surface area (Å²) in [6.45, 7) is 3.60. The van der Waals surface area contributed by atoms with Gasteiger partial charge in [-0.15, -0.1) is 0 Å². The number of ketones is 1. The molecule has 3 fully saturated rings. The lowest BCUT2D eigenvalue weighted by Gasteiger charge is -2.29. The van der Waals surface area contributed by atoms with E-state index in [-0.39, 0.29) is 42.8 Å². The third-order valence-corrected chi connectivity index (χ3v) is 13.6. The molecule has 51 heavy (non-hydrogen) atoms. The van der Waals surface area contributed by atoms with Crippen molar-refractivity contribution in [2.24, 2.45) is 17.3 Å². The van der Waals surface area contributed by atoms with E-state index in [4.69, 9.17) is 4.74 Å². The first-order valence-corrected chi connectivity index (χ1v) is 19.7. The van der Waals surface area contributed by atoms with Gasteiger partial charge in [0.05, 0.1) is 22.7 Å². The monoisotopic (exact) mass is 715 g/mol. The summed E-state index contributed by atoms with van der Waals surface area (Å²) >= 11 is 0. The molecular formula is C40H46FN3O6S. The second kappa shape index (κ2) is 13.8. The van der Waals surface area contributed by atoms with Gasteiger partial charge in [-0.1, -0.05) is 49.3 Å². The van der Waals surface area contributed by atoms with Crippen LogP contribution in [0.25, 0.3) is 10.8 Å². The topological polar surface area (TPSA) is 123 Å². The Kier molecular flexibility index (Phi) is 9.54. The number of amides is 2. The normalized spacial score (nSPS) is 28.6. The number of nitrogens with one attached hydrogen (secondary N) is 1. The highest BCUT2D eigenvalue weighted by molar-refractivity contribution is 7.91. The Bertz CT molecular complexity index is 1970. The number of nitrogens with zero attached hydrogens (tertiary/aromatic N) is 2. The van der Waals surface area contributed by atoms with Crippen molar-refractivity contribution < 1.29 is 31.9 Å². The third-order valence-electron chi connectivity index (χ3n) is 11.5. The SMILES string of the molecule is Cc1cc(F)cc(C[C@H]2CCCCC/C=C\[C@@H]3C[C@@]3(C(=O)NS(=O)(=O)C3(C)CC3)CC(=O)[C@@H]3C[C@@H](Oc4nccc5ccccc45)CN3C2=O)c1. The van der Waals surface area contributed by atoms with Crippen LogP contribution in [0.2, 0.25) is 0 Å². The summed E-state index contributed by atoms with van der Waals surface area (Å²) in [5, 5.41) is 1.76. The maximum atomic E-state index is 14.6. The highest BCUT2D eigenvalue weighted by atomic mass is 32.2. The smallest absolute Gasteiger partial charge is 0.240 e. The molecule has 9 nitrogen and oxygen atoms in total. The van der Waals surface area contributed by atoms with Crippen molar-refractivity contribution >= 4 is 38.4 Å². The van der Waals surface area contributed by atoms with Crippen molar-refractivity contribution in [2.45, 2.75) is 101 Å². The minimum atomic E-state index is -3.91. The maximum Gasteiger partial charge on any atom is 0.240 e. The van der Waals surface area contributed by atoms with Crippen molar-refractivity contribution in [3.05, 3.63) is 83.8 Å². The number of carbonyl (C=O) groups excluding carboxylic acids is 3. The second-order valence-corrected chi connectivity index (χ2v) is 17.6. The second-order valence-electron chi connectivity index (χ2n) is 15.4. The number of Topliss-reactive ketones (excluding diaryl/α,β-unsaturated/α-hetero) is 1. The van der Waals surface area contributed by atoms with Crippen LogP contribution in [-0.2, 0) is 30.8 Å². The average molecular weight is 716 g/mol. The van der Waals surface area contributed by atoms with Gasteiger partial charge >= 0.3 is 0 Å². The third kappa shape index (κ3) is 7.32. The van der Waals surface area contributed by atoms with Crippen molar-refractivity contribution in [3.8, 4) is 5.88 Å². The molecule has 11 heteroatoms. The molecule has 2 aliphatic heterocycles. The van der Waals surface area contributed by atoms with Gasteiger partial charge in [0.15, 0.2) is 5.78 Å². The number of ether oxygens (including phenoxy) is 1. The maximum absolute atomic E-state index is 14.6. The van der Waals surface area contributed by atoms with E-state index >= 15 is 0 Å². The van der Waals surface area contributed by atoms with E-state index in [1.54, 1.807) is 18.0 Å². The van der Waals surface area contributed by atoms with E-state index in [0.717, 1.165) is 47.6 Å². The highest BCUT2D eigenvalue weighted by Crippen LogP contribution is 2.57. The summed E-state index contributed by atoms with van der Waals surface area (Å²) in [5.74, 6) is -1.86. The summed E-state index contributed by atoms with van der Waals surface area (Å²) in [7, 11) is -3.91. The molecule has 2 aliphatic carbocycles. The van der Waals surface area contributed by atoms with Crippen molar-refractivity contribution in [1.82, 2.24) is 14.6 Å². The number of sulfonamides is 1. The molecule has 0 spiro atoms. The fourth-order valence-corrected chi connectivity index (χ4v) is 9.31. The summed E-state index contributed by atoms with van der Waals surface area (Å²) in [5.41, 5.74) is 0.283. The van der Waals surface area contributed by atoms with Crippen LogP contribution in [-0.4, -0.2) is 59.3 Å². The predicted octanol–water partition coefficient (Wildman–Crippen LogP) is 6.37. The average Bonchev–Trinajstić information content (AvgIpc) is 3.96. The number of benzene rings is 2. The number of fused-ring (bicyclic) bond motifs is 3.